The molecule has 1 aromatic heterocycles. The van der Waals surface area contributed by atoms with Crippen molar-refractivity contribution >= 4 is 16.9 Å². The fourth-order valence-corrected chi connectivity index (χ4v) is 1.55. The number of hydrogen-bond donors (Lipinski definition) is 0. The van der Waals surface area contributed by atoms with E-state index in [-0.39, 0.29) is 5.69 Å². The fraction of sp³-hybridized carbons (Fsp3) is 0.167. The Morgan fingerprint density at radius 3 is 2.71 bits per heavy atom. The number of esters is 1. The molecule has 0 saturated carbocycles. The van der Waals surface area contributed by atoms with Crippen molar-refractivity contribution in [2.45, 2.75) is 0 Å². The molecule has 0 N–H and O–H groups in total. The first-order valence-electron chi connectivity index (χ1n) is 4.88. The molecule has 17 heavy (non-hydrogen) atoms. The Balaban J connectivity index is 2.71. The Labute approximate surface area is 97.0 Å². The lowest BCUT2D eigenvalue weighted by Gasteiger charge is -2.07. The van der Waals surface area contributed by atoms with Gasteiger partial charge in [-0.05, 0) is 12.1 Å². The molecule has 0 aliphatic heterocycles. The summed E-state index contributed by atoms with van der Waals surface area (Å²) in [6.07, 6.45) is 0. The van der Waals surface area contributed by atoms with Crippen LogP contribution >= 0.6 is 0 Å². The molecule has 0 aliphatic rings. The van der Waals surface area contributed by atoms with E-state index in [2.05, 4.69) is 9.72 Å². The highest BCUT2D eigenvalue weighted by molar-refractivity contribution is 5.94. The smallest absolute Gasteiger partial charge is 0.356 e. The minimum Gasteiger partial charge on any atom is -0.496 e. The quantitative estimate of drug-likeness (QED) is 0.748. The summed E-state index contributed by atoms with van der Waals surface area (Å²) in [5.41, 5.74) is 0.437. The van der Waals surface area contributed by atoms with Gasteiger partial charge in [-0.3, -0.25) is 0 Å². The number of benzene rings is 1. The number of nitrogens with zero attached hydrogens (tertiary/aromatic N) is 1. The van der Waals surface area contributed by atoms with Crippen molar-refractivity contribution in [1.29, 1.82) is 0 Å². The van der Waals surface area contributed by atoms with E-state index in [1.165, 1.54) is 32.4 Å². The van der Waals surface area contributed by atoms with E-state index in [1.54, 1.807) is 6.07 Å². The minimum atomic E-state index is -0.588. The molecule has 0 bridgehead atoms. The molecule has 2 rings (SSSR count). The van der Waals surface area contributed by atoms with Gasteiger partial charge in [-0.1, -0.05) is 0 Å². The van der Waals surface area contributed by atoms with Crippen LogP contribution in [0.3, 0.4) is 0 Å². The highest BCUT2D eigenvalue weighted by atomic mass is 19.1. The van der Waals surface area contributed by atoms with E-state index in [0.29, 0.717) is 16.7 Å². The minimum absolute atomic E-state index is 0.0856. The molecule has 1 heterocycles. The monoisotopic (exact) mass is 235 g/mol. The summed E-state index contributed by atoms with van der Waals surface area (Å²) in [6.45, 7) is 0. The van der Waals surface area contributed by atoms with Crippen LogP contribution in [0, 0.1) is 5.82 Å². The number of rotatable bonds is 2. The third-order valence-corrected chi connectivity index (χ3v) is 2.35. The number of pyridine rings is 1. The average Bonchev–Trinajstić information content (AvgIpc) is 2.35. The molecule has 0 amide bonds. The first-order valence-corrected chi connectivity index (χ1v) is 4.88. The van der Waals surface area contributed by atoms with Gasteiger partial charge in [0.25, 0.3) is 0 Å². The van der Waals surface area contributed by atoms with Gasteiger partial charge < -0.3 is 9.47 Å². The molecule has 5 heteroatoms. The third-order valence-electron chi connectivity index (χ3n) is 2.35. The molecular weight excluding hydrogens is 225 g/mol. The molecule has 0 fully saturated rings. The second-order valence-electron chi connectivity index (χ2n) is 3.36. The number of halogens is 1. The highest BCUT2D eigenvalue weighted by Gasteiger charge is 2.13. The molecule has 1 aromatic carbocycles. The molecule has 4 nitrogen and oxygen atoms in total. The zero-order valence-corrected chi connectivity index (χ0v) is 9.36. The van der Waals surface area contributed by atoms with Gasteiger partial charge in [-0.15, -0.1) is 0 Å². The van der Waals surface area contributed by atoms with Crippen LogP contribution < -0.4 is 4.74 Å². The third kappa shape index (κ3) is 2.04. The largest absolute Gasteiger partial charge is 0.496 e. The molecule has 0 aliphatic carbocycles. The standard InChI is InChI=1S/C12H10FNO3/c1-16-11-6-10(12(15)17-2)14-9-5-7(13)3-4-8(9)11/h3-6H,1-2H3. The number of aromatic nitrogens is 1. The molecule has 0 radical (unpaired) electrons. The van der Waals surface area contributed by atoms with Gasteiger partial charge in [0.1, 0.15) is 11.6 Å². The van der Waals surface area contributed by atoms with Gasteiger partial charge in [0.15, 0.2) is 5.69 Å². The Kier molecular flexibility index (Phi) is 2.91. The number of carbonyl (C=O) groups excluding carboxylic acids is 1. The first-order chi connectivity index (χ1) is 8.15. The molecule has 0 unspecified atom stereocenters. The van der Waals surface area contributed by atoms with E-state index in [1.807, 2.05) is 0 Å². The van der Waals surface area contributed by atoms with E-state index >= 15 is 0 Å². The molecular formula is C12H10FNO3. The molecule has 88 valence electrons. The van der Waals surface area contributed by atoms with Crippen molar-refractivity contribution in [2.75, 3.05) is 14.2 Å². The Hall–Kier alpha value is -2.17. The summed E-state index contributed by atoms with van der Waals surface area (Å²) < 4.78 is 22.8. The van der Waals surface area contributed by atoms with Crippen LogP contribution in [0.25, 0.3) is 10.9 Å². The van der Waals surface area contributed by atoms with Crippen LogP contribution in [0.2, 0.25) is 0 Å². The predicted octanol–water partition coefficient (Wildman–Crippen LogP) is 2.17. The van der Waals surface area contributed by atoms with Gasteiger partial charge >= 0.3 is 5.97 Å². The zero-order chi connectivity index (χ0) is 12.4. The number of hydrogen-bond acceptors (Lipinski definition) is 4. The average molecular weight is 235 g/mol. The lowest BCUT2D eigenvalue weighted by Crippen LogP contribution is -2.05. The van der Waals surface area contributed by atoms with Gasteiger partial charge in [-0.25, -0.2) is 14.2 Å². The maximum Gasteiger partial charge on any atom is 0.356 e. The fourth-order valence-electron chi connectivity index (χ4n) is 1.55. The summed E-state index contributed by atoms with van der Waals surface area (Å²) in [5.74, 6) is -0.557. The zero-order valence-electron chi connectivity index (χ0n) is 9.36. The Morgan fingerprint density at radius 1 is 1.29 bits per heavy atom. The molecule has 0 spiro atoms. The van der Waals surface area contributed by atoms with E-state index in [9.17, 15) is 9.18 Å². The van der Waals surface area contributed by atoms with E-state index < -0.39 is 11.8 Å². The highest BCUT2D eigenvalue weighted by Crippen LogP contribution is 2.26. The van der Waals surface area contributed by atoms with Crippen molar-refractivity contribution < 1.29 is 18.7 Å². The maximum atomic E-state index is 13.1. The van der Waals surface area contributed by atoms with Crippen molar-refractivity contribution in [3.8, 4) is 5.75 Å². The van der Waals surface area contributed by atoms with Crippen LogP contribution in [-0.2, 0) is 4.74 Å². The SMILES string of the molecule is COC(=O)c1cc(OC)c2ccc(F)cc2n1. The predicted molar refractivity (Wildman–Crippen MR) is 59.6 cm³/mol. The molecule has 0 atom stereocenters. The van der Waals surface area contributed by atoms with Crippen molar-refractivity contribution in [1.82, 2.24) is 4.98 Å². The summed E-state index contributed by atoms with van der Waals surface area (Å²) >= 11 is 0. The van der Waals surface area contributed by atoms with E-state index in [0.717, 1.165) is 0 Å². The van der Waals surface area contributed by atoms with Crippen LogP contribution in [0.5, 0.6) is 5.75 Å². The van der Waals surface area contributed by atoms with Gasteiger partial charge in [0.05, 0.1) is 19.7 Å². The second kappa shape index (κ2) is 4.37. The second-order valence-corrected chi connectivity index (χ2v) is 3.36. The Bertz CT molecular complexity index is 583. The van der Waals surface area contributed by atoms with E-state index in [4.69, 9.17) is 4.74 Å². The van der Waals surface area contributed by atoms with Crippen LogP contribution in [0.15, 0.2) is 24.3 Å². The topological polar surface area (TPSA) is 48.4 Å². The number of fused-ring (bicyclic) bond motifs is 1. The van der Waals surface area contributed by atoms with Crippen molar-refractivity contribution in [2.24, 2.45) is 0 Å². The van der Waals surface area contributed by atoms with Gasteiger partial charge in [0.2, 0.25) is 0 Å². The van der Waals surface area contributed by atoms with Gasteiger partial charge in [-0.2, -0.15) is 0 Å². The summed E-state index contributed by atoms with van der Waals surface area (Å²) in [5, 5.41) is 0.640. The maximum absolute atomic E-state index is 13.1. The number of ether oxygens (including phenoxy) is 2. The first kappa shape index (κ1) is 11.3. The molecule has 0 saturated heterocycles. The molecule has 2 aromatic rings. The number of carbonyl (C=O) groups is 1. The summed E-state index contributed by atoms with van der Waals surface area (Å²) in [4.78, 5) is 15.4. The summed E-state index contributed by atoms with van der Waals surface area (Å²) in [7, 11) is 2.73. The number of methoxy groups -OCH3 is 2. The van der Waals surface area contributed by atoms with Crippen molar-refractivity contribution in [3.05, 3.63) is 35.8 Å². The van der Waals surface area contributed by atoms with Crippen LogP contribution in [0.4, 0.5) is 4.39 Å². The Morgan fingerprint density at radius 2 is 2.06 bits per heavy atom. The summed E-state index contributed by atoms with van der Waals surface area (Å²) in [6, 6.07) is 5.57. The van der Waals surface area contributed by atoms with Crippen LogP contribution in [0.1, 0.15) is 10.5 Å². The normalized spacial score (nSPS) is 10.3. The lowest BCUT2D eigenvalue weighted by molar-refractivity contribution is 0.0594. The lowest BCUT2D eigenvalue weighted by atomic mass is 10.1. The van der Waals surface area contributed by atoms with Gasteiger partial charge in [0, 0.05) is 17.5 Å². The van der Waals surface area contributed by atoms with Crippen LogP contribution in [-0.4, -0.2) is 25.2 Å². The van der Waals surface area contributed by atoms with Crippen molar-refractivity contribution in [3.63, 3.8) is 0 Å².